The van der Waals surface area contributed by atoms with E-state index in [9.17, 15) is 43.2 Å². The van der Waals surface area contributed by atoms with Crippen molar-refractivity contribution in [2.45, 2.75) is 62.4 Å². The Morgan fingerprint density at radius 2 is 0.943 bits per heavy atom. The van der Waals surface area contributed by atoms with Crippen LogP contribution in [0.3, 0.4) is 0 Å². The predicted molar refractivity (Wildman–Crippen MR) is 181 cm³/mol. The van der Waals surface area contributed by atoms with Gasteiger partial charge in [0.1, 0.15) is 35.3 Å². The number of hydrogen-bond acceptors (Lipinski definition) is 6. The number of alkyl halides is 6. The molecule has 0 amide bonds. The Morgan fingerprint density at radius 1 is 0.528 bits per heavy atom. The van der Waals surface area contributed by atoms with Crippen molar-refractivity contribution < 1.29 is 56.1 Å². The first-order valence-corrected chi connectivity index (χ1v) is 19.4. The lowest BCUT2D eigenvalue weighted by molar-refractivity contribution is -0.595. The molecule has 53 heavy (non-hydrogen) atoms. The molecule has 8 nitrogen and oxygen atoms in total. The summed E-state index contributed by atoms with van der Waals surface area (Å²) in [7, 11) is -11.7. The van der Waals surface area contributed by atoms with E-state index in [1.165, 1.54) is 12.1 Å². The number of aromatic nitrogens is 2. The monoisotopic (exact) mass is 777 g/mol. The fourth-order valence-electron chi connectivity index (χ4n) is 6.60. The van der Waals surface area contributed by atoms with E-state index >= 15 is 0 Å². The Kier molecular flexibility index (Phi) is 9.33. The summed E-state index contributed by atoms with van der Waals surface area (Å²) >= 11 is 0. The Bertz CT molecular complexity index is 2270. The highest BCUT2D eigenvalue weighted by Gasteiger charge is 2.49. The van der Waals surface area contributed by atoms with Gasteiger partial charge in [0.25, 0.3) is 6.33 Å². The number of halogens is 6. The predicted octanol–water partition coefficient (Wildman–Crippen LogP) is 6.98. The van der Waals surface area contributed by atoms with Gasteiger partial charge in [0.2, 0.25) is 0 Å². The topological polar surface area (TPSA) is 95.6 Å². The van der Waals surface area contributed by atoms with Gasteiger partial charge in [-0.1, -0.05) is 48.5 Å². The molecule has 0 saturated carbocycles. The molecule has 0 unspecified atom stereocenters. The summed E-state index contributed by atoms with van der Waals surface area (Å²) in [5.74, 6) is -0.656. The van der Waals surface area contributed by atoms with Crippen LogP contribution in [-0.2, 0) is 71.6 Å². The summed E-state index contributed by atoms with van der Waals surface area (Å²) in [6, 6.07) is 21.4. The molecule has 8 bridgehead atoms. The van der Waals surface area contributed by atoms with Crippen LogP contribution >= 0.6 is 0 Å². The highest BCUT2D eigenvalue weighted by molar-refractivity contribution is 7.88. The van der Waals surface area contributed by atoms with Crippen LogP contribution in [0.5, 0.6) is 11.5 Å². The van der Waals surface area contributed by atoms with E-state index in [4.69, 9.17) is 0 Å². The van der Waals surface area contributed by atoms with Crippen molar-refractivity contribution >= 4 is 20.2 Å². The van der Waals surface area contributed by atoms with Crippen molar-refractivity contribution in [3.63, 3.8) is 0 Å². The smallest absolute Gasteiger partial charge is 0.376 e. The molecule has 1 aromatic heterocycles. The van der Waals surface area contributed by atoms with Gasteiger partial charge in [-0.2, -0.15) is 43.2 Å². The zero-order valence-corrected chi connectivity index (χ0v) is 29.4. The highest BCUT2D eigenvalue weighted by Crippen LogP contribution is 2.34. The molecule has 278 valence electrons. The van der Waals surface area contributed by atoms with Gasteiger partial charge in [-0.3, -0.25) is 0 Å². The van der Waals surface area contributed by atoms with Crippen LogP contribution < -0.4 is 12.9 Å². The number of benzene rings is 4. The van der Waals surface area contributed by atoms with Crippen LogP contribution in [0.25, 0.3) is 11.4 Å². The maximum atomic E-state index is 13.1. The molecular formula is C37H31F6N2O6S2+. The molecule has 0 N–H and O–H groups in total. The molecule has 0 spiro atoms. The van der Waals surface area contributed by atoms with Crippen molar-refractivity contribution in [3.8, 4) is 22.9 Å². The molecule has 0 atom stereocenters. The minimum absolute atomic E-state index is 0.234. The van der Waals surface area contributed by atoms with Crippen LogP contribution in [0.2, 0.25) is 0 Å². The second kappa shape index (κ2) is 13.5. The van der Waals surface area contributed by atoms with E-state index < -0.39 is 31.3 Å². The molecule has 0 saturated heterocycles. The van der Waals surface area contributed by atoms with Crippen LogP contribution in [0.4, 0.5) is 26.3 Å². The number of aryl methyl sites for hydroxylation is 8. The Balaban J connectivity index is 1.16. The number of hydrogen-bond donors (Lipinski definition) is 0. The largest absolute Gasteiger partial charge is 0.534 e. The van der Waals surface area contributed by atoms with E-state index in [2.05, 4.69) is 8.37 Å². The van der Waals surface area contributed by atoms with Crippen LogP contribution in [0, 0.1) is 0 Å². The van der Waals surface area contributed by atoms with Gasteiger partial charge < -0.3 is 8.37 Å². The average molecular weight is 778 g/mol. The summed E-state index contributed by atoms with van der Waals surface area (Å²) in [5, 5.41) is 0. The molecule has 1 heterocycles. The van der Waals surface area contributed by atoms with Crippen LogP contribution in [0.15, 0.2) is 91.5 Å². The van der Waals surface area contributed by atoms with E-state index in [0.717, 1.165) is 33.6 Å². The average Bonchev–Trinajstić information content (AvgIpc) is 3.56. The van der Waals surface area contributed by atoms with Gasteiger partial charge in [-0.05, 0) is 120 Å². The normalized spacial score (nSPS) is 15.1. The zero-order chi connectivity index (χ0) is 37.8. The molecule has 0 fully saturated rings. The third kappa shape index (κ3) is 7.65. The van der Waals surface area contributed by atoms with Crippen molar-refractivity contribution in [1.29, 1.82) is 0 Å². The molecule has 8 aliphatic carbocycles. The fraction of sp³-hybridized carbons (Fsp3) is 0.270. The van der Waals surface area contributed by atoms with E-state index in [1.807, 2.05) is 64.3 Å². The maximum absolute atomic E-state index is 13.1. The molecule has 0 radical (unpaired) electrons. The molecular weight excluding hydrogens is 747 g/mol. The first-order chi connectivity index (χ1) is 25.0. The second-order valence-electron chi connectivity index (χ2n) is 13.0. The van der Waals surface area contributed by atoms with Gasteiger partial charge in [-0.15, -0.1) is 0 Å². The van der Waals surface area contributed by atoms with Gasteiger partial charge in [0, 0.05) is 0 Å². The molecule has 5 aromatic rings. The van der Waals surface area contributed by atoms with Gasteiger partial charge in [0.05, 0.1) is 0 Å². The molecule has 8 aliphatic rings. The Hall–Kier alpha value is -4.83. The summed E-state index contributed by atoms with van der Waals surface area (Å²) < 4.78 is 139. The minimum Gasteiger partial charge on any atom is -0.376 e. The lowest BCUT2D eigenvalue weighted by Gasteiger charge is -2.17. The van der Waals surface area contributed by atoms with Crippen molar-refractivity contribution in [3.05, 3.63) is 136 Å². The summed E-state index contributed by atoms with van der Waals surface area (Å²) in [5.41, 5.74) is -3.72. The van der Waals surface area contributed by atoms with E-state index in [-0.39, 0.29) is 24.3 Å². The van der Waals surface area contributed by atoms with E-state index in [1.54, 1.807) is 24.3 Å². The van der Waals surface area contributed by atoms with Crippen LogP contribution in [-0.4, -0.2) is 32.4 Å². The van der Waals surface area contributed by atoms with Gasteiger partial charge >= 0.3 is 31.3 Å². The SMILES string of the molecule is O=S(=O)(Oc1cc2ccc1CCc1ccc(c(-n3cc[n+](-c4cc5ccc4CCc4ccc(c(OS(=O)(=O)C(F)(F)F)c4)CC5)c3)c1)CC2)C(F)(F)F. The molecule has 0 aliphatic heterocycles. The van der Waals surface area contributed by atoms with Crippen molar-refractivity contribution in [2.75, 3.05) is 0 Å². The zero-order valence-electron chi connectivity index (χ0n) is 27.7. The van der Waals surface area contributed by atoms with Crippen molar-refractivity contribution in [1.82, 2.24) is 4.57 Å². The number of rotatable bonds is 6. The number of imidazole rings is 1. The quantitative estimate of drug-likeness (QED) is 0.0800. The first-order valence-electron chi connectivity index (χ1n) is 16.5. The maximum Gasteiger partial charge on any atom is 0.534 e. The Labute approximate surface area is 301 Å². The van der Waals surface area contributed by atoms with Gasteiger partial charge in [-0.25, -0.2) is 9.13 Å². The summed E-state index contributed by atoms with van der Waals surface area (Å²) in [4.78, 5) is 0. The second-order valence-corrected chi connectivity index (χ2v) is 16.1. The lowest BCUT2D eigenvalue weighted by atomic mass is 9.95. The van der Waals surface area contributed by atoms with E-state index in [0.29, 0.717) is 60.8 Å². The minimum atomic E-state index is -5.84. The standard InChI is InChI=1S/C37H31F6N2O6S2/c38-36(39,40)52(46,47)50-34-21-26-3-11-28-9-1-24(5-13-30(34)15-7-26)19-32(28)44-17-18-45(23-44)33-20-25-2-10-29(33)12-4-27-8-16-31(14-6-25)35(22-27)51-53(48,49)37(41,42)43/h1-2,7-10,15-23H,3-6,11-14H2/q+1. The highest BCUT2D eigenvalue weighted by atomic mass is 32.2. The van der Waals surface area contributed by atoms with Gasteiger partial charge in [0.15, 0.2) is 0 Å². The fourth-order valence-corrected chi connectivity index (χ4v) is 7.57. The summed E-state index contributed by atoms with van der Waals surface area (Å²) in [6.07, 6.45) is 8.83. The summed E-state index contributed by atoms with van der Waals surface area (Å²) in [6.45, 7) is 0. The van der Waals surface area contributed by atoms with Crippen molar-refractivity contribution in [2.24, 2.45) is 0 Å². The van der Waals surface area contributed by atoms with Crippen LogP contribution in [0.1, 0.15) is 44.5 Å². The molecule has 4 aromatic carbocycles. The number of nitrogens with zero attached hydrogens (tertiary/aromatic N) is 2. The molecule has 13 rings (SSSR count). The third-order valence-corrected chi connectivity index (χ3v) is 11.4. The Morgan fingerprint density at radius 3 is 1.45 bits per heavy atom. The lowest BCUT2D eigenvalue weighted by Crippen LogP contribution is -2.30. The molecule has 16 heteroatoms. The third-order valence-electron chi connectivity index (χ3n) is 9.45. The first kappa shape index (κ1) is 36.5.